The van der Waals surface area contributed by atoms with Gasteiger partial charge in [-0.2, -0.15) is 0 Å². The quantitative estimate of drug-likeness (QED) is 0.643. The molecule has 1 heterocycles. The number of thiazole rings is 1. The molecule has 2 aromatic carbocycles. The lowest BCUT2D eigenvalue weighted by atomic mass is 10.0. The Kier molecular flexibility index (Phi) is 4.86. The van der Waals surface area contributed by atoms with Gasteiger partial charge in [-0.1, -0.05) is 54.2 Å². The highest BCUT2D eigenvalue weighted by Gasteiger charge is 2.20. The first-order valence-corrected chi connectivity index (χ1v) is 9.04. The number of hydrogen-bond acceptors (Lipinski definition) is 5. The SMILES string of the molecule is CCc1ccccc1Nc1nc(N)c(C(=O)c2cc(C)ccc2C)s1. The molecule has 1 aromatic heterocycles. The minimum absolute atomic E-state index is 0.0759. The zero-order valence-corrected chi connectivity index (χ0v) is 15.4. The Morgan fingerprint density at radius 1 is 1.20 bits per heavy atom. The fraction of sp³-hybridized carbons (Fsp3) is 0.200. The van der Waals surface area contributed by atoms with Crippen LogP contribution in [0.25, 0.3) is 0 Å². The Morgan fingerprint density at radius 3 is 2.72 bits per heavy atom. The van der Waals surface area contributed by atoms with E-state index in [1.807, 2.05) is 50.2 Å². The number of aryl methyl sites for hydroxylation is 3. The molecule has 5 heteroatoms. The molecule has 0 fully saturated rings. The molecule has 25 heavy (non-hydrogen) atoms. The van der Waals surface area contributed by atoms with Gasteiger partial charge in [-0.05, 0) is 43.5 Å². The molecule has 0 aliphatic carbocycles. The summed E-state index contributed by atoms with van der Waals surface area (Å²) in [5.41, 5.74) is 10.9. The minimum atomic E-state index is -0.0759. The highest BCUT2D eigenvalue weighted by Crippen LogP contribution is 2.31. The van der Waals surface area contributed by atoms with Crippen molar-refractivity contribution in [1.29, 1.82) is 0 Å². The first-order chi connectivity index (χ1) is 12.0. The summed E-state index contributed by atoms with van der Waals surface area (Å²) in [5.74, 6) is 0.195. The van der Waals surface area contributed by atoms with E-state index in [-0.39, 0.29) is 11.6 Å². The molecule has 3 N–H and O–H groups in total. The average molecular weight is 351 g/mol. The molecule has 0 bridgehead atoms. The molecule has 0 saturated heterocycles. The van der Waals surface area contributed by atoms with Crippen molar-refractivity contribution in [3.8, 4) is 0 Å². The lowest BCUT2D eigenvalue weighted by molar-refractivity contribution is 0.104. The maximum Gasteiger partial charge on any atom is 0.207 e. The minimum Gasteiger partial charge on any atom is -0.382 e. The summed E-state index contributed by atoms with van der Waals surface area (Å²) in [5, 5.41) is 3.92. The second-order valence-electron chi connectivity index (χ2n) is 6.02. The number of hydrogen-bond donors (Lipinski definition) is 2. The van der Waals surface area contributed by atoms with E-state index in [1.54, 1.807) is 0 Å². The Balaban J connectivity index is 1.92. The van der Waals surface area contributed by atoms with E-state index in [0.717, 1.165) is 23.2 Å². The smallest absolute Gasteiger partial charge is 0.207 e. The number of nitrogens with zero attached hydrogens (tertiary/aromatic N) is 1. The third-order valence-corrected chi connectivity index (χ3v) is 5.12. The van der Waals surface area contributed by atoms with Crippen LogP contribution in [0.4, 0.5) is 16.6 Å². The second-order valence-corrected chi connectivity index (χ2v) is 7.02. The number of nitrogen functional groups attached to an aromatic ring is 1. The van der Waals surface area contributed by atoms with Gasteiger partial charge in [0.2, 0.25) is 5.78 Å². The van der Waals surface area contributed by atoms with Gasteiger partial charge in [0, 0.05) is 11.3 Å². The number of para-hydroxylation sites is 1. The second kappa shape index (κ2) is 7.07. The van der Waals surface area contributed by atoms with E-state index in [2.05, 4.69) is 23.3 Å². The van der Waals surface area contributed by atoms with Crippen molar-refractivity contribution < 1.29 is 4.79 Å². The predicted molar refractivity (Wildman–Crippen MR) is 105 cm³/mol. The van der Waals surface area contributed by atoms with Crippen LogP contribution in [0.1, 0.15) is 38.8 Å². The van der Waals surface area contributed by atoms with Gasteiger partial charge in [0.1, 0.15) is 10.7 Å². The molecule has 3 aromatic rings. The lowest BCUT2D eigenvalue weighted by Gasteiger charge is -2.07. The van der Waals surface area contributed by atoms with Gasteiger partial charge >= 0.3 is 0 Å². The number of nitrogens with two attached hydrogens (primary N) is 1. The summed E-state index contributed by atoms with van der Waals surface area (Å²) in [7, 11) is 0. The molecule has 0 spiro atoms. The third-order valence-electron chi connectivity index (χ3n) is 4.14. The van der Waals surface area contributed by atoms with Crippen molar-refractivity contribution in [2.45, 2.75) is 27.2 Å². The van der Waals surface area contributed by atoms with E-state index in [0.29, 0.717) is 15.6 Å². The highest BCUT2D eigenvalue weighted by atomic mass is 32.1. The molecular weight excluding hydrogens is 330 g/mol. The van der Waals surface area contributed by atoms with Crippen LogP contribution in [0.2, 0.25) is 0 Å². The molecule has 128 valence electrons. The van der Waals surface area contributed by atoms with E-state index < -0.39 is 0 Å². The number of anilines is 3. The standard InChI is InChI=1S/C20H21N3OS/c1-4-14-7-5-6-8-16(14)22-20-23-19(21)18(25-20)17(24)15-11-12(2)9-10-13(15)3/h5-11H,4,21H2,1-3H3,(H,22,23). The average Bonchev–Trinajstić information content (AvgIpc) is 2.97. The van der Waals surface area contributed by atoms with Gasteiger partial charge in [0.25, 0.3) is 0 Å². The van der Waals surface area contributed by atoms with E-state index in [9.17, 15) is 4.79 Å². The van der Waals surface area contributed by atoms with Gasteiger partial charge in [0.15, 0.2) is 5.13 Å². The predicted octanol–water partition coefficient (Wildman–Crippen LogP) is 4.88. The van der Waals surface area contributed by atoms with Crippen molar-refractivity contribution in [3.63, 3.8) is 0 Å². The maximum absolute atomic E-state index is 12.9. The summed E-state index contributed by atoms with van der Waals surface area (Å²) in [4.78, 5) is 17.7. The summed E-state index contributed by atoms with van der Waals surface area (Å²) in [6, 6.07) is 13.9. The number of nitrogens with one attached hydrogen (secondary N) is 1. The van der Waals surface area contributed by atoms with Crippen molar-refractivity contribution in [3.05, 3.63) is 69.6 Å². The van der Waals surface area contributed by atoms with Gasteiger partial charge in [-0.15, -0.1) is 0 Å². The number of carbonyl (C=O) groups excluding carboxylic acids is 1. The van der Waals surface area contributed by atoms with E-state index in [4.69, 9.17) is 5.73 Å². The van der Waals surface area contributed by atoms with Crippen LogP contribution in [-0.4, -0.2) is 10.8 Å². The monoisotopic (exact) mass is 351 g/mol. The molecule has 0 radical (unpaired) electrons. The molecule has 0 amide bonds. The molecule has 0 aliphatic rings. The molecule has 0 atom stereocenters. The van der Waals surface area contributed by atoms with Gasteiger partial charge in [-0.25, -0.2) is 4.98 Å². The topological polar surface area (TPSA) is 68.0 Å². The molecule has 4 nitrogen and oxygen atoms in total. The number of ketones is 1. The Labute approximate surface area is 151 Å². The van der Waals surface area contributed by atoms with Crippen molar-refractivity contribution in [2.75, 3.05) is 11.1 Å². The van der Waals surface area contributed by atoms with Crippen LogP contribution in [0.5, 0.6) is 0 Å². The zero-order chi connectivity index (χ0) is 18.0. The number of carbonyl (C=O) groups is 1. The first kappa shape index (κ1) is 17.2. The van der Waals surface area contributed by atoms with E-state index in [1.165, 1.54) is 16.9 Å². The normalized spacial score (nSPS) is 10.7. The van der Waals surface area contributed by atoms with Crippen molar-refractivity contribution in [1.82, 2.24) is 4.98 Å². The number of aromatic nitrogens is 1. The summed E-state index contributed by atoms with van der Waals surface area (Å²) >= 11 is 1.29. The number of rotatable bonds is 5. The fourth-order valence-corrected chi connectivity index (χ4v) is 3.57. The third kappa shape index (κ3) is 3.56. The van der Waals surface area contributed by atoms with Crippen LogP contribution >= 0.6 is 11.3 Å². The summed E-state index contributed by atoms with van der Waals surface area (Å²) in [6.07, 6.45) is 0.915. The summed E-state index contributed by atoms with van der Waals surface area (Å²) < 4.78 is 0. The first-order valence-electron chi connectivity index (χ1n) is 8.22. The van der Waals surface area contributed by atoms with Crippen LogP contribution in [0.3, 0.4) is 0 Å². The highest BCUT2D eigenvalue weighted by molar-refractivity contribution is 7.18. The maximum atomic E-state index is 12.9. The Morgan fingerprint density at radius 2 is 1.96 bits per heavy atom. The fourth-order valence-electron chi connectivity index (χ4n) is 2.72. The Bertz CT molecular complexity index is 930. The van der Waals surface area contributed by atoms with Gasteiger partial charge in [0.05, 0.1) is 0 Å². The number of benzene rings is 2. The van der Waals surface area contributed by atoms with Crippen molar-refractivity contribution in [2.24, 2.45) is 0 Å². The molecular formula is C20H21N3OS. The van der Waals surface area contributed by atoms with Crippen molar-refractivity contribution >= 4 is 33.8 Å². The molecule has 3 rings (SSSR count). The van der Waals surface area contributed by atoms with E-state index >= 15 is 0 Å². The zero-order valence-electron chi connectivity index (χ0n) is 14.6. The van der Waals surface area contributed by atoms with Crippen LogP contribution in [0, 0.1) is 13.8 Å². The largest absolute Gasteiger partial charge is 0.382 e. The van der Waals surface area contributed by atoms with Crippen LogP contribution in [0.15, 0.2) is 42.5 Å². The Hall–Kier alpha value is -2.66. The summed E-state index contributed by atoms with van der Waals surface area (Å²) in [6.45, 7) is 6.01. The lowest BCUT2D eigenvalue weighted by Crippen LogP contribution is -2.05. The molecule has 0 aliphatic heterocycles. The van der Waals surface area contributed by atoms with Crippen LogP contribution < -0.4 is 11.1 Å². The van der Waals surface area contributed by atoms with Gasteiger partial charge < -0.3 is 11.1 Å². The molecule has 0 saturated carbocycles. The van der Waals surface area contributed by atoms with Crippen LogP contribution in [-0.2, 0) is 6.42 Å². The van der Waals surface area contributed by atoms with Gasteiger partial charge in [-0.3, -0.25) is 4.79 Å². The molecule has 0 unspecified atom stereocenters.